The van der Waals surface area contributed by atoms with Gasteiger partial charge in [-0.15, -0.1) is 0 Å². The SMILES string of the molecule is COc1ccc(Br)cc1NCc1ccc(CN)cc1. The van der Waals surface area contributed by atoms with Crippen LogP contribution in [-0.4, -0.2) is 7.11 Å². The first-order valence-electron chi connectivity index (χ1n) is 6.08. The van der Waals surface area contributed by atoms with Gasteiger partial charge in [-0.1, -0.05) is 40.2 Å². The van der Waals surface area contributed by atoms with Crippen LogP contribution in [0.25, 0.3) is 0 Å². The maximum Gasteiger partial charge on any atom is 0.142 e. The van der Waals surface area contributed by atoms with E-state index in [0.717, 1.165) is 28.0 Å². The molecule has 2 aromatic carbocycles. The minimum atomic E-state index is 0.577. The van der Waals surface area contributed by atoms with Crippen molar-refractivity contribution >= 4 is 21.6 Å². The summed E-state index contributed by atoms with van der Waals surface area (Å²) in [6, 6.07) is 14.2. The second kappa shape index (κ2) is 6.59. The number of anilines is 1. The zero-order valence-corrected chi connectivity index (χ0v) is 12.4. The second-order valence-corrected chi connectivity index (χ2v) is 5.13. The molecule has 0 unspecified atom stereocenters. The van der Waals surface area contributed by atoms with E-state index in [1.165, 1.54) is 5.56 Å². The normalized spacial score (nSPS) is 10.3. The fourth-order valence-corrected chi connectivity index (χ4v) is 2.17. The summed E-state index contributed by atoms with van der Waals surface area (Å²) in [7, 11) is 1.67. The van der Waals surface area contributed by atoms with Crippen LogP contribution in [0.2, 0.25) is 0 Å². The van der Waals surface area contributed by atoms with Gasteiger partial charge in [0, 0.05) is 17.6 Å². The van der Waals surface area contributed by atoms with Crippen LogP contribution in [0.15, 0.2) is 46.9 Å². The zero-order valence-electron chi connectivity index (χ0n) is 10.8. The molecule has 19 heavy (non-hydrogen) atoms. The fourth-order valence-electron chi connectivity index (χ4n) is 1.81. The molecular weight excluding hydrogens is 304 g/mol. The molecule has 0 heterocycles. The van der Waals surface area contributed by atoms with Crippen LogP contribution in [0.4, 0.5) is 5.69 Å². The van der Waals surface area contributed by atoms with E-state index in [2.05, 4.69) is 45.5 Å². The van der Waals surface area contributed by atoms with Crippen molar-refractivity contribution in [3.8, 4) is 5.75 Å². The van der Waals surface area contributed by atoms with Gasteiger partial charge in [-0.3, -0.25) is 0 Å². The van der Waals surface area contributed by atoms with E-state index in [-0.39, 0.29) is 0 Å². The number of hydrogen-bond donors (Lipinski definition) is 2. The van der Waals surface area contributed by atoms with E-state index in [0.29, 0.717) is 6.54 Å². The number of nitrogens with one attached hydrogen (secondary N) is 1. The van der Waals surface area contributed by atoms with Crippen LogP contribution in [0.1, 0.15) is 11.1 Å². The summed E-state index contributed by atoms with van der Waals surface area (Å²) in [4.78, 5) is 0. The average Bonchev–Trinajstić information content (AvgIpc) is 2.46. The Morgan fingerprint density at radius 1 is 1.11 bits per heavy atom. The summed E-state index contributed by atoms with van der Waals surface area (Å²) in [5.74, 6) is 0.835. The Hall–Kier alpha value is -1.52. The third-order valence-electron chi connectivity index (χ3n) is 2.90. The highest BCUT2D eigenvalue weighted by atomic mass is 79.9. The molecule has 0 saturated carbocycles. The van der Waals surface area contributed by atoms with E-state index in [1.807, 2.05) is 18.2 Å². The predicted octanol–water partition coefficient (Wildman–Crippen LogP) is 3.53. The first-order valence-corrected chi connectivity index (χ1v) is 6.87. The molecule has 2 rings (SSSR count). The number of methoxy groups -OCH3 is 1. The second-order valence-electron chi connectivity index (χ2n) is 4.22. The van der Waals surface area contributed by atoms with Crippen molar-refractivity contribution < 1.29 is 4.74 Å². The molecule has 0 fully saturated rings. The third kappa shape index (κ3) is 3.72. The largest absolute Gasteiger partial charge is 0.495 e. The van der Waals surface area contributed by atoms with Gasteiger partial charge in [-0.2, -0.15) is 0 Å². The molecule has 0 aromatic heterocycles. The first-order chi connectivity index (χ1) is 9.22. The lowest BCUT2D eigenvalue weighted by molar-refractivity contribution is 0.416. The molecule has 3 nitrogen and oxygen atoms in total. The minimum Gasteiger partial charge on any atom is -0.495 e. The molecule has 0 aliphatic heterocycles. The molecule has 0 radical (unpaired) electrons. The Morgan fingerprint density at radius 2 is 1.79 bits per heavy atom. The monoisotopic (exact) mass is 320 g/mol. The minimum absolute atomic E-state index is 0.577. The molecule has 100 valence electrons. The Kier molecular flexibility index (Phi) is 4.82. The van der Waals surface area contributed by atoms with Crippen LogP contribution in [-0.2, 0) is 13.1 Å². The van der Waals surface area contributed by atoms with Crippen molar-refractivity contribution in [2.24, 2.45) is 5.73 Å². The Labute approximate surface area is 121 Å². The van der Waals surface area contributed by atoms with Gasteiger partial charge in [0.2, 0.25) is 0 Å². The van der Waals surface area contributed by atoms with Crippen LogP contribution in [0, 0.1) is 0 Å². The lowest BCUT2D eigenvalue weighted by Gasteiger charge is -2.12. The van der Waals surface area contributed by atoms with Crippen molar-refractivity contribution in [3.63, 3.8) is 0 Å². The highest BCUT2D eigenvalue weighted by molar-refractivity contribution is 9.10. The zero-order chi connectivity index (χ0) is 13.7. The molecule has 0 spiro atoms. The summed E-state index contributed by atoms with van der Waals surface area (Å²) < 4.78 is 6.35. The van der Waals surface area contributed by atoms with Gasteiger partial charge in [-0.25, -0.2) is 0 Å². The summed E-state index contributed by atoms with van der Waals surface area (Å²) in [6.45, 7) is 1.32. The highest BCUT2D eigenvalue weighted by Gasteiger charge is 2.03. The van der Waals surface area contributed by atoms with Crippen molar-refractivity contribution in [3.05, 3.63) is 58.1 Å². The summed E-state index contributed by atoms with van der Waals surface area (Å²) >= 11 is 3.46. The average molecular weight is 321 g/mol. The standard InChI is InChI=1S/C15H17BrN2O/c1-19-15-7-6-13(16)8-14(15)18-10-12-4-2-11(9-17)3-5-12/h2-8,18H,9-10,17H2,1H3. The predicted molar refractivity (Wildman–Crippen MR) is 82.4 cm³/mol. The van der Waals surface area contributed by atoms with Gasteiger partial charge in [-0.05, 0) is 29.3 Å². The highest BCUT2D eigenvalue weighted by Crippen LogP contribution is 2.28. The molecule has 0 bridgehead atoms. The summed E-state index contributed by atoms with van der Waals surface area (Å²) in [5, 5.41) is 3.37. The van der Waals surface area contributed by atoms with E-state index < -0.39 is 0 Å². The molecule has 0 aliphatic rings. The van der Waals surface area contributed by atoms with Crippen molar-refractivity contribution in [1.82, 2.24) is 0 Å². The fraction of sp³-hybridized carbons (Fsp3) is 0.200. The van der Waals surface area contributed by atoms with Gasteiger partial charge in [0.25, 0.3) is 0 Å². The van der Waals surface area contributed by atoms with Crippen LogP contribution in [0.5, 0.6) is 5.75 Å². The van der Waals surface area contributed by atoms with E-state index >= 15 is 0 Å². The van der Waals surface area contributed by atoms with Crippen LogP contribution >= 0.6 is 15.9 Å². The van der Waals surface area contributed by atoms with Gasteiger partial charge in [0.05, 0.1) is 12.8 Å². The lowest BCUT2D eigenvalue weighted by atomic mass is 10.1. The maximum absolute atomic E-state index is 5.58. The molecule has 0 aliphatic carbocycles. The number of halogens is 1. The molecule has 3 N–H and O–H groups in total. The van der Waals surface area contributed by atoms with Crippen molar-refractivity contribution in [1.29, 1.82) is 0 Å². The van der Waals surface area contributed by atoms with E-state index in [4.69, 9.17) is 10.5 Å². The Balaban J connectivity index is 2.07. The van der Waals surface area contributed by atoms with Crippen molar-refractivity contribution in [2.45, 2.75) is 13.1 Å². The van der Waals surface area contributed by atoms with Gasteiger partial charge in [0.15, 0.2) is 0 Å². The van der Waals surface area contributed by atoms with Gasteiger partial charge < -0.3 is 15.8 Å². The van der Waals surface area contributed by atoms with Crippen LogP contribution in [0.3, 0.4) is 0 Å². The van der Waals surface area contributed by atoms with E-state index in [1.54, 1.807) is 7.11 Å². The number of benzene rings is 2. The number of hydrogen-bond acceptors (Lipinski definition) is 3. The molecule has 2 aromatic rings. The first kappa shape index (κ1) is 13.9. The third-order valence-corrected chi connectivity index (χ3v) is 3.40. The number of nitrogens with two attached hydrogens (primary N) is 1. The quantitative estimate of drug-likeness (QED) is 0.886. The summed E-state index contributed by atoms with van der Waals surface area (Å²) in [5.41, 5.74) is 8.90. The number of ether oxygens (including phenoxy) is 1. The molecule has 4 heteroatoms. The summed E-state index contributed by atoms with van der Waals surface area (Å²) in [6.07, 6.45) is 0. The lowest BCUT2D eigenvalue weighted by Crippen LogP contribution is -2.02. The molecule has 0 atom stereocenters. The van der Waals surface area contributed by atoms with Crippen molar-refractivity contribution in [2.75, 3.05) is 12.4 Å². The maximum atomic E-state index is 5.58. The van der Waals surface area contributed by atoms with Crippen LogP contribution < -0.4 is 15.8 Å². The van der Waals surface area contributed by atoms with E-state index in [9.17, 15) is 0 Å². The molecule has 0 saturated heterocycles. The Morgan fingerprint density at radius 3 is 2.42 bits per heavy atom. The number of rotatable bonds is 5. The molecule has 0 amide bonds. The smallest absolute Gasteiger partial charge is 0.142 e. The Bertz CT molecular complexity index is 540. The van der Waals surface area contributed by atoms with Gasteiger partial charge >= 0.3 is 0 Å². The topological polar surface area (TPSA) is 47.3 Å². The molecular formula is C15H17BrN2O. The van der Waals surface area contributed by atoms with Gasteiger partial charge in [0.1, 0.15) is 5.75 Å².